The summed E-state index contributed by atoms with van der Waals surface area (Å²) in [6.45, 7) is 4.09. The zero-order valence-corrected chi connectivity index (χ0v) is 14.7. The van der Waals surface area contributed by atoms with Crippen LogP contribution in [-0.2, 0) is 10.0 Å². The molecule has 0 spiro atoms. The topological polar surface area (TPSA) is 57.7 Å². The number of fused-ring (bicyclic) bond motifs is 1. The van der Waals surface area contributed by atoms with Crippen LogP contribution in [-0.4, -0.2) is 55.0 Å². The van der Waals surface area contributed by atoms with Gasteiger partial charge in [-0.2, -0.15) is 0 Å². The molecular weight excluding hydrogens is 336 g/mol. The lowest BCUT2D eigenvalue weighted by Crippen LogP contribution is -2.34. The second-order valence-corrected chi connectivity index (χ2v) is 8.76. The van der Waals surface area contributed by atoms with E-state index in [-0.39, 0.29) is 17.1 Å². The van der Waals surface area contributed by atoms with Crippen LogP contribution in [0.2, 0.25) is 5.02 Å². The molecule has 5 nitrogen and oxygen atoms in total. The summed E-state index contributed by atoms with van der Waals surface area (Å²) in [5.74, 6) is 0.0781. The summed E-state index contributed by atoms with van der Waals surface area (Å²) in [5.41, 5.74) is 0.597. The summed E-state index contributed by atoms with van der Waals surface area (Å²) >= 11 is 5.86. The molecule has 2 atom stereocenters. The number of likely N-dealkylation sites (tertiary alicyclic amines) is 1. The van der Waals surface area contributed by atoms with E-state index in [1.807, 2.05) is 6.92 Å². The van der Waals surface area contributed by atoms with Crippen molar-refractivity contribution < 1.29 is 13.2 Å². The molecule has 126 valence electrons. The standard InChI is InChI=1S/C16H21ClN2O3S/c1-2-19-11-13-7-9-18(10-8-15(13)23(19,21)22)16(20)12-3-5-14(17)6-4-12/h3-6,13,15H,2,7-11H2,1H3/t13-,15-/m1/s1. The van der Waals surface area contributed by atoms with Gasteiger partial charge >= 0.3 is 0 Å². The van der Waals surface area contributed by atoms with Crippen molar-refractivity contribution in [3.8, 4) is 0 Å². The third kappa shape index (κ3) is 3.12. The van der Waals surface area contributed by atoms with Crippen LogP contribution >= 0.6 is 11.6 Å². The molecule has 0 saturated carbocycles. The molecule has 0 N–H and O–H groups in total. The van der Waals surface area contributed by atoms with Crippen LogP contribution in [0.4, 0.5) is 0 Å². The number of carbonyl (C=O) groups excluding carboxylic acids is 1. The van der Waals surface area contributed by atoms with E-state index in [1.54, 1.807) is 33.5 Å². The largest absolute Gasteiger partial charge is 0.339 e. The van der Waals surface area contributed by atoms with Crippen LogP contribution in [0, 0.1) is 5.92 Å². The zero-order valence-electron chi connectivity index (χ0n) is 13.1. The maximum Gasteiger partial charge on any atom is 0.253 e. The number of sulfonamides is 1. The molecule has 0 aromatic heterocycles. The first-order valence-electron chi connectivity index (χ1n) is 7.97. The van der Waals surface area contributed by atoms with Crippen molar-refractivity contribution in [3.63, 3.8) is 0 Å². The molecule has 0 radical (unpaired) electrons. The maximum absolute atomic E-state index is 12.6. The molecule has 3 rings (SSSR count). The minimum atomic E-state index is -3.20. The third-order valence-corrected chi connectivity index (χ3v) is 7.66. The van der Waals surface area contributed by atoms with Gasteiger partial charge in [-0.15, -0.1) is 0 Å². The Hall–Kier alpha value is -1.11. The Kier molecular flexibility index (Phi) is 4.67. The first-order chi connectivity index (χ1) is 10.9. The number of carbonyl (C=O) groups is 1. The highest BCUT2D eigenvalue weighted by atomic mass is 35.5. The smallest absolute Gasteiger partial charge is 0.253 e. The molecule has 23 heavy (non-hydrogen) atoms. The molecule has 1 aromatic rings. The number of benzene rings is 1. The first kappa shape index (κ1) is 16.7. The highest BCUT2D eigenvalue weighted by molar-refractivity contribution is 7.90. The number of amides is 1. The number of halogens is 1. The van der Waals surface area contributed by atoms with Gasteiger partial charge in [0.05, 0.1) is 5.25 Å². The Morgan fingerprint density at radius 1 is 1.22 bits per heavy atom. The summed E-state index contributed by atoms with van der Waals surface area (Å²) < 4.78 is 26.6. The van der Waals surface area contributed by atoms with Gasteiger partial charge in [-0.1, -0.05) is 18.5 Å². The van der Waals surface area contributed by atoms with E-state index in [1.165, 1.54) is 0 Å². The Morgan fingerprint density at radius 3 is 2.52 bits per heavy atom. The van der Waals surface area contributed by atoms with Crippen molar-refractivity contribution >= 4 is 27.5 Å². The predicted octanol–water partition coefficient (Wildman–Crippen LogP) is 2.23. The summed E-state index contributed by atoms with van der Waals surface area (Å²) in [6.07, 6.45) is 1.25. The molecule has 2 saturated heterocycles. The minimum Gasteiger partial charge on any atom is -0.339 e. The maximum atomic E-state index is 12.6. The van der Waals surface area contributed by atoms with Crippen molar-refractivity contribution in [1.29, 1.82) is 0 Å². The summed E-state index contributed by atoms with van der Waals surface area (Å²) in [4.78, 5) is 14.4. The van der Waals surface area contributed by atoms with E-state index < -0.39 is 10.0 Å². The SMILES string of the molecule is CCN1C[C@H]2CCN(C(=O)c3ccc(Cl)cc3)CC[C@H]2S1(=O)=O. The van der Waals surface area contributed by atoms with Crippen LogP contribution in [0.5, 0.6) is 0 Å². The third-order valence-electron chi connectivity index (χ3n) is 4.89. The van der Waals surface area contributed by atoms with Crippen molar-refractivity contribution in [2.24, 2.45) is 5.92 Å². The van der Waals surface area contributed by atoms with Gasteiger partial charge in [-0.3, -0.25) is 4.79 Å². The van der Waals surface area contributed by atoms with Crippen LogP contribution in [0.15, 0.2) is 24.3 Å². The van der Waals surface area contributed by atoms with Crippen LogP contribution in [0.3, 0.4) is 0 Å². The lowest BCUT2D eigenvalue weighted by atomic mass is 10.0. The number of nitrogens with zero attached hydrogens (tertiary/aromatic N) is 2. The average Bonchev–Trinajstić information content (AvgIpc) is 2.68. The van der Waals surface area contributed by atoms with Crippen LogP contribution in [0.25, 0.3) is 0 Å². The molecule has 2 fully saturated rings. The van der Waals surface area contributed by atoms with Gasteiger partial charge in [0.1, 0.15) is 0 Å². The summed E-state index contributed by atoms with van der Waals surface area (Å²) in [6, 6.07) is 6.83. The van der Waals surface area contributed by atoms with Gasteiger partial charge in [0, 0.05) is 36.8 Å². The predicted molar refractivity (Wildman–Crippen MR) is 90.0 cm³/mol. The highest BCUT2D eigenvalue weighted by Gasteiger charge is 2.46. The van der Waals surface area contributed by atoms with E-state index in [2.05, 4.69) is 0 Å². The normalized spacial score (nSPS) is 27.5. The van der Waals surface area contributed by atoms with Gasteiger partial charge in [0.15, 0.2) is 0 Å². The molecule has 1 aromatic carbocycles. The number of hydrogen-bond acceptors (Lipinski definition) is 3. The lowest BCUT2D eigenvalue weighted by Gasteiger charge is -2.22. The molecule has 0 bridgehead atoms. The van der Waals surface area contributed by atoms with E-state index >= 15 is 0 Å². The first-order valence-corrected chi connectivity index (χ1v) is 9.85. The fraction of sp³-hybridized carbons (Fsp3) is 0.562. The molecule has 7 heteroatoms. The van der Waals surface area contributed by atoms with Crippen LogP contribution < -0.4 is 0 Å². The molecule has 2 aliphatic heterocycles. The quantitative estimate of drug-likeness (QED) is 0.816. The Morgan fingerprint density at radius 2 is 1.87 bits per heavy atom. The van der Waals surface area contributed by atoms with E-state index in [9.17, 15) is 13.2 Å². The van der Waals surface area contributed by atoms with Gasteiger partial charge in [-0.25, -0.2) is 12.7 Å². The minimum absolute atomic E-state index is 0.0496. The zero-order chi connectivity index (χ0) is 16.6. The highest BCUT2D eigenvalue weighted by Crippen LogP contribution is 2.34. The Bertz CT molecular complexity index is 690. The van der Waals surface area contributed by atoms with Crippen LogP contribution in [0.1, 0.15) is 30.1 Å². The fourth-order valence-electron chi connectivity index (χ4n) is 3.58. The molecule has 2 aliphatic rings. The van der Waals surface area contributed by atoms with Crippen molar-refractivity contribution in [1.82, 2.24) is 9.21 Å². The van der Waals surface area contributed by atoms with Gasteiger partial charge in [0.25, 0.3) is 5.91 Å². The molecule has 1 amide bonds. The monoisotopic (exact) mass is 356 g/mol. The van der Waals surface area contributed by atoms with E-state index in [0.717, 1.165) is 6.42 Å². The molecule has 2 heterocycles. The fourth-order valence-corrected chi connectivity index (χ4v) is 5.96. The van der Waals surface area contributed by atoms with Crippen molar-refractivity contribution in [2.45, 2.75) is 25.0 Å². The Labute approximate surface area is 142 Å². The van der Waals surface area contributed by atoms with Gasteiger partial charge < -0.3 is 4.90 Å². The van der Waals surface area contributed by atoms with E-state index in [4.69, 9.17) is 11.6 Å². The number of hydrogen-bond donors (Lipinski definition) is 0. The van der Waals surface area contributed by atoms with Crippen molar-refractivity contribution in [3.05, 3.63) is 34.9 Å². The van der Waals surface area contributed by atoms with Gasteiger partial charge in [0.2, 0.25) is 10.0 Å². The average molecular weight is 357 g/mol. The summed E-state index contributed by atoms with van der Waals surface area (Å²) in [7, 11) is -3.20. The Balaban J connectivity index is 1.73. The molecule has 0 unspecified atom stereocenters. The van der Waals surface area contributed by atoms with Crippen molar-refractivity contribution in [2.75, 3.05) is 26.2 Å². The number of rotatable bonds is 2. The summed E-state index contributed by atoms with van der Waals surface area (Å²) in [5, 5.41) is 0.253. The second kappa shape index (κ2) is 6.42. The van der Waals surface area contributed by atoms with Gasteiger partial charge in [-0.05, 0) is 43.0 Å². The second-order valence-electron chi connectivity index (χ2n) is 6.17. The molecule has 0 aliphatic carbocycles. The lowest BCUT2D eigenvalue weighted by molar-refractivity contribution is 0.0759. The van der Waals surface area contributed by atoms with E-state index in [0.29, 0.717) is 43.2 Å². The molecular formula is C16H21ClN2O3S.